The summed E-state index contributed by atoms with van der Waals surface area (Å²) in [6.45, 7) is 0.351. The van der Waals surface area contributed by atoms with Crippen molar-refractivity contribution in [3.05, 3.63) is 29.5 Å². The van der Waals surface area contributed by atoms with Gasteiger partial charge in [-0.15, -0.1) is 11.3 Å². The van der Waals surface area contributed by atoms with Gasteiger partial charge >= 0.3 is 0 Å². The van der Waals surface area contributed by atoms with E-state index in [1.54, 1.807) is 18.5 Å². The zero-order chi connectivity index (χ0) is 15.5. The third kappa shape index (κ3) is 3.29. The molecule has 1 amide bonds. The van der Waals surface area contributed by atoms with E-state index in [2.05, 4.69) is 20.3 Å². The van der Waals surface area contributed by atoms with Crippen molar-refractivity contribution in [3.8, 4) is 10.8 Å². The number of nitrogens with two attached hydrogens (primary N) is 1. The predicted molar refractivity (Wildman–Crippen MR) is 81.7 cm³/mol. The van der Waals surface area contributed by atoms with Gasteiger partial charge in [0.1, 0.15) is 0 Å². The summed E-state index contributed by atoms with van der Waals surface area (Å²) in [6.07, 6.45) is 3.69. The van der Waals surface area contributed by atoms with E-state index >= 15 is 0 Å². The molecule has 0 unspecified atom stereocenters. The highest BCUT2D eigenvalue weighted by Gasteiger charge is 2.34. The maximum atomic E-state index is 12.1. The van der Waals surface area contributed by atoms with Crippen molar-refractivity contribution in [2.75, 3.05) is 0 Å². The highest BCUT2D eigenvalue weighted by atomic mass is 32.1. The van der Waals surface area contributed by atoms with Crippen molar-refractivity contribution in [2.45, 2.75) is 31.5 Å². The van der Waals surface area contributed by atoms with Crippen molar-refractivity contribution in [2.24, 2.45) is 11.7 Å². The van der Waals surface area contributed by atoms with Crippen LogP contribution in [0.1, 0.15) is 18.5 Å². The number of hydrogen-bond acceptors (Lipinski definition) is 7. The number of nitrogens with zero attached hydrogens (tertiary/aromatic N) is 3. The Bertz CT molecular complexity index is 638. The minimum Gasteiger partial charge on any atom is -0.391 e. The number of carbonyl (C=O) groups is 1. The van der Waals surface area contributed by atoms with E-state index in [0.717, 1.165) is 10.7 Å². The first-order chi connectivity index (χ1) is 10.6. The van der Waals surface area contributed by atoms with Gasteiger partial charge in [-0.05, 0) is 18.9 Å². The van der Waals surface area contributed by atoms with Gasteiger partial charge in [0.05, 0.1) is 18.3 Å². The normalized spacial score (nSPS) is 24.4. The number of rotatable bonds is 4. The van der Waals surface area contributed by atoms with Crippen LogP contribution in [-0.4, -0.2) is 38.1 Å². The molecule has 2 aromatic rings. The summed E-state index contributed by atoms with van der Waals surface area (Å²) >= 11 is 1.44. The monoisotopic (exact) mass is 319 g/mol. The summed E-state index contributed by atoms with van der Waals surface area (Å²) in [7, 11) is 0. The Morgan fingerprint density at radius 1 is 1.41 bits per heavy atom. The number of amides is 1. The standard InChI is InChI=1S/C14H17N5O2S/c15-10-4-8(5-11(10)20)13(21)18-6-9-7-22-14(19-9)12-16-2-1-3-17-12/h1-3,7-8,10-11,20H,4-6,15H2,(H,18,21)/t8-,10+,11+/m0/s1. The highest BCUT2D eigenvalue weighted by molar-refractivity contribution is 7.13. The van der Waals surface area contributed by atoms with E-state index in [1.165, 1.54) is 11.3 Å². The SMILES string of the molecule is N[C@@H]1C[C@H](C(=O)NCc2csc(-c3ncccn3)n2)C[C@H]1O. The average Bonchev–Trinajstić information content (AvgIpc) is 3.13. The second-order valence-electron chi connectivity index (χ2n) is 5.33. The first-order valence-corrected chi connectivity index (χ1v) is 7.94. The summed E-state index contributed by atoms with van der Waals surface area (Å²) in [6, 6.07) is 1.44. The molecule has 3 atom stereocenters. The Morgan fingerprint density at radius 3 is 2.86 bits per heavy atom. The Kier molecular flexibility index (Phi) is 4.41. The van der Waals surface area contributed by atoms with E-state index < -0.39 is 6.10 Å². The van der Waals surface area contributed by atoms with Crippen molar-refractivity contribution < 1.29 is 9.90 Å². The van der Waals surface area contributed by atoms with Gasteiger partial charge in [0, 0.05) is 29.7 Å². The molecule has 116 valence electrons. The van der Waals surface area contributed by atoms with Gasteiger partial charge in [-0.3, -0.25) is 4.79 Å². The molecule has 1 aliphatic carbocycles. The lowest BCUT2D eigenvalue weighted by atomic mass is 10.1. The number of thiazole rings is 1. The van der Waals surface area contributed by atoms with E-state index in [4.69, 9.17) is 5.73 Å². The number of carbonyl (C=O) groups excluding carboxylic acids is 1. The molecule has 0 aromatic carbocycles. The predicted octanol–water partition coefficient (Wildman–Crippen LogP) is 0.314. The molecule has 1 aliphatic rings. The first-order valence-electron chi connectivity index (χ1n) is 7.06. The van der Waals surface area contributed by atoms with Crippen LogP contribution >= 0.6 is 11.3 Å². The molecule has 0 spiro atoms. The van der Waals surface area contributed by atoms with Crippen molar-refractivity contribution in [1.82, 2.24) is 20.3 Å². The number of aliphatic hydroxyl groups is 1. The summed E-state index contributed by atoms with van der Waals surface area (Å²) < 4.78 is 0. The zero-order valence-electron chi connectivity index (χ0n) is 11.8. The zero-order valence-corrected chi connectivity index (χ0v) is 12.7. The van der Waals surface area contributed by atoms with Crippen molar-refractivity contribution in [1.29, 1.82) is 0 Å². The number of aromatic nitrogens is 3. The molecule has 0 saturated heterocycles. The van der Waals surface area contributed by atoms with E-state index in [1.807, 2.05) is 5.38 Å². The van der Waals surface area contributed by atoms with Crippen LogP contribution in [0.15, 0.2) is 23.8 Å². The third-order valence-corrected chi connectivity index (χ3v) is 4.59. The van der Waals surface area contributed by atoms with Gasteiger partial charge in [-0.2, -0.15) is 0 Å². The maximum Gasteiger partial charge on any atom is 0.223 e. The van der Waals surface area contributed by atoms with Crippen LogP contribution in [0.4, 0.5) is 0 Å². The van der Waals surface area contributed by atoms with E-state index in [-0.39, 0.29) is 17.9 Å². The first kappa shape index (κ1) is 15.0. The Balaban J connectivity index is 1.56. The minimum atomic E-state index is -0.586. The van der Waals surface area contributed by atoms with Crippen LogP contribution in [0.2, 0.25) is 0 Å². The largest absolute Gasteiger partial charge is 0.391 e. The van der Waals surface area contributed by atoms with Crippen LogP contribution in [0.3, 0.4) is 0 Å². The van der Waals surface area contributed by atoms with Crippen LogP contribution < -0.4 is 11.1 Å². The van der Waals surface area contributed by atoms with Gasteiger partial charge < -0.3 is 16.2 Å². The molecule has 8 heteroatoms. The molecule has 0 radical (unpaired) electrons. The summed E-state index contributed by atoms with van der Waals surface area (Å²) in [5.41, 5.74) is 6.49. The molecular weight excluding hydrogens is 302 g/mol. The second-order valence-corrected chi connectivity index (χ2v) is 6.19. The van der Waals surface area contributed by atoms with Crippen LogP contribution in [0.25, 0.3) is 10.8 Å². The van der Waals surface area contributed by atoms with Crippen LogP contribution in [0.5, 0.6) is 0 Å². The molecule has 1 fully saturated rings. The maximum absolute atomic E-state index is 12.1. The van der Waals surface area contributed by atoms with Gasteiger partial charge in [0.15, 0.2) is 10.8 Å². The molecular formula is C14H17N5O2S. The lowest BCUT2D eigenvalue weighted by Crippen LogP contribution is -2.30. The molecule has 1 saturated carbocycles. The minimum absolute atomic E-state index is 0.0856. The Hall–Kier alpha value is -1.90. The lowest BCUT2D eigenvalue weighted by Gasteiger charge is -2.09. The fourth-order valence-corrected chi connectivity index (χ4v) is 3.25. The van der Waals surface area contributed by atoms with Crippen molar-refractivity contribution >= 4 is 17.2 Å². The topological polar surface area (TPSA) is 114 Å². The van der Waals surface area contributed by atoms with Gasteiger partial charge in [0.2, 0.25) is 5.91 Å². The summed E-state index contributed by atoms with van der Waals surface area (Å²) in [5, 5.41) is 15.0. The fraction of sp³-hybridized carbons (Fsp3) is 0.429. The van der Waals surface area contributed by atoms with Gasteiger partial charge in [-0.1, -0.05) is 0 Å². The molecule has 0 bridgehead atoms. The highest BCUT2D eigenvalue weighted by Crippen LogP contribution is 2.25. The molecule has 3 rings (SSSR count). The van der Waals surface area contributed by atoms with Gasteiger partial charge in [0.25, 0.3) is 0 Å². The summed E-state index contributed by atoms with van der Waals surface area (Å²) in [4.78, 5) is 24.8. The molecule has 4 N–H and O–H groups in total. The van der Waals surface area contributed by atoms with E-state index in [9.17, 15) is 9.90 Å². The molecule has 7 nitrogen and oxygen atoms in total. The molecule has 22 heavy (non-hydrogen) atoms. The van der Waals surface area contributed by atoms with Crippen LogP contribution in [-0.2, 0) is 11.3 Å². The Labute approximate surface area is 131 Å². The summed E-state index contributed by atoms with van der Waals surface area (Å²) in [5.74, 6) is 0.271. The smallest absolute Gasteiger partial charge is 0.223 e. The molecule has 2 aromatic heterocycles. The third-order valence-electron chi connectivity index (χ3n) is 3.70. The van der Waals surface area contributed by atoms with Crippen molar-refractivity contribution in [3.63, 3.8) is 0 Å². The number of hydrogen-bond donors (Lipinski definition) is 3. The lowest BCUT2D eigenvalue weighted by molar-refractivity contribution is -0.125. The van der Waals surface area contributed by atoms with Crippen LogP contribution in [0, 0.1) is 5.92 Å². The second kappa shape index (κ2) is 6.47. The van der Waals surface area contributed by atoms with Gasteiger partial charge in [-0.25, -0.2) is 15.0 Å². The molecule has 0 aliphatic heterocycles. The average molecular weight is 319 g/mol. The Morgan fingerprint density at radius 2 is 2.18 bits per heavy atom. The fourth-order valence-electron chi connectivity index (χ4n) is 2.48. The quantitative estimate of drug-likeness (QED) is 0.747. The number of nitrogens with one attached hydrogen (secondary N) is 1. The molecule has 2 heterocycles. The number of aliphatic hydroxyl groups excluding tert-OH is 1. The van der Waals surface area contributed by atoms with E-state index in [0.29, 0.717) is 25.2 Å².